The molecular formula is C31H47N5O3Si. The lowest BCUT2D eigenvalue weighted by atomic mass is 10.1. The van der Waals surface area contributed by atoms with E-state index in [0.29, 0.717) is 37.1 Å². The van der Waals surface area contributed by atoms with Crippen LogP contribution in [0.1, 0.15) is 72.4 Å². The van der Waals surface area contributed by atoms with Gasteiger partial charge in [0.2, 0.25) is 0 Å². The Morgan fingerprint density at radius 2 is 1.77 bits per heavy atom. The summed E-state index contributed by atoms with van der Waals surface area (Å²) in [6.07, 6.45) is 3.22. The summed E-state index contributed by atoms with van der Waals surface area (Å²) in [5.41, 5.74) is 2.00. The molecule has 0 saturated heterocycles. The molecule has 2 aromatic heterocycles. The van der Waals surface area contributed by atoms with Gasteiger partial charge in [-0.2, -0.15) is 9.61 Å². The number of benzene rings is 1. The molecule has 3 rings (SSSR count). The molecule has 0 unspecified atom stereocenters. The maximum absolute atomic E-state index is 13.7. The number of hydrogen-bond donors (Lipinski definition) is 0. The van der Waals surface area contributed by atoms with E-state index in [2.05, 4.69) is 64.3 Å². The standard InChI is InChI=1S/C31H47N5O3Si/c1-12-18-34(22-38-40(10,11)31(7,8)9)26-19-27(36-28(33-26)25(20-32-36)23(2)3)35(29(37)39-30(4,5)6)21-24-16-14-13-15-17-24/h12-17,19-20,23H,1,18,21-22H2,2-11H3. The number of rotatable bonds is 10. The summed E-state index contributed by atoms with van der Waals surface area (Å²) in [6.45, 7) is 26.2. The highest BCUT2D eigenvalue weighted by molar-refractivity contribution is 6.74. The van der Waals surface area contributed by atoms with Crippen LogP contribution in [0.25, 0.3) is 5.65 Å². The van der Waals surface area contributed by atoms with Gasteiger partial charge in [0.1, 0.15) is 24.0 Å². The second kappa shape index (κ2) is 12.1. The van der Waals surface area contributed by atoms with Crippen molar-refractivity contribution in [3.05, 3.63) is 66.4 Å². The third-order valence-corrected chi connectivity index (χ3v) is 11.7. The van der Waals surface area contributed by atoms with Crippen LogP contribution in [0.5, 0.6) is 0 Å². The maximum Gasteiger partial charge on any atom is 0.416 e. The average Bonchev–Trinajstić information content (AvgIpc) is 3.28. The Bertz CT molecular complexity index is 1310. The van der Waals surface area contributed by atoms with E-state index in [1.165, 1.54) is 0 Å². The van der Waals surface area contributed by atoms with Crippen LogP contribution in [0.3, 0.4) is 0 Å². The van der Waals surface area contributed by atoms with Gasteiger partial charge in [0.05, 0.1) is 12.7 Å². The molecule has 0 N–H and O–H groups in total. The van der Waals surface area contributed by atoms with Crippen LogP contribution >= 0.6 is 0 Å². The molecule has 218 valence electrons. The molecule has 0 fully saturated rings. The minimum atomic E-state index is -2.04. The van der Waals surface area contributed by atoms with E-state index in [1.54, 1.807) is 9.42 Å². The number of anilines is 2. The fourth-order valence-electron chi connectivity index (χ4n) is 3.86. The Morgan fingerprint density at radius 3 is 2.33 bits per heavy atom. The first kappa shape index (κ1) is 31.4. The van der Waals surface area contributed by atoms with E-state index >= 15 is 0 Å². The highest BCUT2D eigenvalue weighted by Gasteiger charge is 2.37. The summed E-state index contributed by atoms with van der Waals surface area (Å²) in [5, 5.41) is 4.75. The van der Waals surface area contributed by atoms with Crippen LogP contribution in [0, 0.1) is 0 Å². The number of amides is 1. The minimum Gasteiger partial charge on any atom is -0.443 e. The summed E-state index contributed by atoms with van der Waals surface area (Å²) >= 11 is 0. The topological polar surface area (TPSA) is 72.2 Å². The summed E-state index contributed by atoms with van der Waals surface area (Å²) in [6, 6.07) is 11.8. The molecule has 1 aromatic carbocycles. The van der Waals surface area contributed by atoms with Crippen molar-refractivity contribution in [3.8, 4) is 0 Å². The third kappa shape index (κ3) is 7.51. The van der Waals surface area contributed by atoms with Crippen LogP contribution in [0.2, 0.25) is 18.1 Å². The predicted molar refractivity (Wildman–Crippen MR) is 167 cm³/mol. The first-order valence-corrected chi connectivity index (χ1v) is 16.9. The lowest BCUT2D eigenvalue weighted by Crippen LogP contribution is -2.44. The number of carbonyl (C=O) groups is 1. The summed E-state index contributed by atoms with van der Waals surface area (Å²) in [7, 11) is -2.04. The predicted octanol–water partition coefficient (Wildman–Crippen LogP) is 7.77. The number of aromatic nitrogens is 3. The van der Waals surface area contributed by atoms with Crippen LogP contribution in [0.15, 0.2) is 55.3 Å². The van der Waals surface area contributed by atoms with Crippen molar-refractivity contribution in [3.63, 3.8) is 0 Å². The van der Waals surface area contributed by atoms with E-state index in [1.807, 2.05) is 69.4 Å². The fourth-order valence-corrected chi connectivity index (χ4v) is 4.77. The van der Waals surface area contributed by atoms with Gasteiger partial charge in [-0.3, -0.25) is 4.90 Å². The molecule has 0 spiro atoms. The van der Waals surface area contributed by atoms with Crippen molar-refractivity contribution in [1.29, 1.82) is 0 Å². The Labute approximate surface area is 241 Å². The zero-order valence-electron chi connectivity index (χ0n) is 26.0. The number of carbonyl (C=O) groups excluding carboxylic acids is 1. The second-order valence-electron chi connectivity index (χ2n) is 13.1. The molecular weight excluding hydrogens is 518 g/mol. The van der Waals surface area contributed by atoms with Gasteiger partial charge in [-0.1, -0.05) is 71.0 Å². The lowest BCUT2D eigenvalue weighted by molar-refractivity contribution is 0.0575. The molecule has 0 aliphatic carbocycles. The Morgan fingerprint density at radius 1 is 1.12 bits per heavy atom. The molecule has 0 saturated carbocycles. The van der Waals surface area contributed by atoms with Crippen molar-refractivity contribution < 1.29 is 14.0 Å². The van der Waals surface area contributed by atoms with Gasteiger partial charge in [-0.05, 0) is 50.4 Å². The first-order valence-electron chi connectivity index (χ1n) is 14.0. The molecule has 2 heterocycles. The first-order chi connectivity index (χ1) is 18.5. The zero-order chi connectivity index (χ0) is 29.9. The van der Waals surface area contributed by atoms with Crippen molar-refractivity contribution in [1.82, 2.24) is 14.6 Å². The Kier molecular flexibility index (Phi) is 9.52. The van der Waals surface area contributed by atoms with Crippen molar-refractivity contribution >= 4 is 31.7 Å². The summed E-state index contributed by atoms with van der Waals surface area (Å²) < 4.78 is 14.2. The summed E-state index contributed by atoms with van der Waals surface area (Å²) in [5.74, 6) is 1.45. The zero-order valence-corrected chi connectivity index (χ0v) is 27.0. The molecule has 40 heavy (non-hydrogen) atoms. The largest absolute Gasteiger partial charge is 0.443 e. The van der Waals surface area contributed by atoms with E-state index in [0.717, 1.165) is 11.1 Å². The maximum atomic E-state index is 13.7. The summed E-state index contributed by atoms with van der Waals surface area (Å²) in [4.78, 5) is 22.5. The quantitative estimate of drug-likeness (QED) is 0.142. The number of fused-ring (bicyclic) bond motifs is 1. The molecule has 1 amide bonds. The smallest absolute Gasteiger partial charge is 0.416 e. The van der Waals surface area contributed by atoms with Crippen molar-refractivity contribution in [2.75, 3.05) is 23.1 Å². The van der Waals surface area contributed by atoms with Gasteiger partial charge in [0.25, 0.3) is 0 Å². The molecule has 0 aliphatic heterocycles. The van der Waals surface area contributed by atoms with Gasteiger partial charge in [-0.25, -0.2) is 9.78 Å². The lowest BCUT2D eigenvalue weighted by Gasteiger charge is -2.38. The van der Waals surface area contributed by atoms with Crippen LogP contribution in [-0.2, 0) is 15.7 Å². The van der Waals surface area contributed by atoms with Crippen LogP contribution < -0.4 is 9.80 Å². The Balaban J connectivity index is 2.19. The Hall–Kier alpha value is -3.17. The van der Waals surface area contributed by atoms with Gasteiger partial charge in [0.15, 0.2) is 14.0 Å². The number of ether oxygens (including phenoxy) is 1. The van der Waals surface area contributed by atoms with Gasteiger partial charge >= 0.3 is 6.09 Å². The molecule has 0 aliphatic rings. The SMILES string of the molecule is C=CCN(CO[Si](C)(C)C(C)(C)C)c1cc(N(Cc2ccccc2)C(=O)OC(C)(C)C)n2ncc(C(C)C)c2n1. The van der Waals surface area contributed by atoms with E-state index in [9.17, 15) is 4.79 Å². The second-order valence-corrected chi connectivity index (χ2v) is 17.9. The van der Waals surface area contributed by atoms with Crippen LogP contribution in [0.4, 0.5) is 16.4 Å². The molecule has 8 nitrogen and oxygen atoms in total. The third-order valence-electron chi connectivity index (χ3n) is 7.22. The van der Waals surface area contributed by atoms with Crippen molar-refractivity contribution in [2.24, 2.45) is 0 Å². The molecule has 3 aromatic rings. The van der Waals surface area contributed by atoms with Gasteiger partial charge in [0, 0.05) is 18.2 Å². The molecule has 0 bridgehead atoms. The van der Waals surface area contributed by atoms with Gasteiger partial charge < -0.3 is 14.1 Å². The van der Waals surface area contributed by atoms with E-state index in [-0.39, 0.29) is 11.0 Å². The minimum absolute atomic E-state index is 0.0643. The fraction of sp³-hybridized carbons (Fsp3) is 0.516. The van der Waals surface area contributed by atoms with E-state index in [4.69, 9.17) is 14.1 Å². The van der Waals surface area contributed by atoms with E-state index < -0.39 is 20.0 Å². The molecule has 0 radical (unpaired) electrons. The van der Waals surface area contributed by atoms with Crippen LogP contribution in [-0.4, -0.2) is 47.9 Å². The molecule has 9 heteroatoms. The average molecular weight is 566 g/mol. The van der Waals surface area contributed by atoms with Crippen molar-refractivity contribution in [2.45, 2.75) is 91.6 Å². The highest BCUT2D eigenvalue weighted by Crippen LogP contribution is 2.37. The monoisotopic (exact) mass is 565 g/mol. The highest BCUT2D eigenvalue weighted by atomic mass is 28.4. The normalized spacial score (nSPS) is 12.6. The molecule has 0 atom stereocenters. The number of hydrogen-bond acceptors (Lipinski definition) is 6. The van der Waals surface area contributed by atoms with Gasteiger partial charge in [-0.15, -0.1) is 6.58 Å². The number of nitrogens with zero attached hydrogens (tertiary/aromatic N) is 5.